The van der Waals surface area contributed by atoms with Crippen molar-refractivity contribution in [1.82, 2.24) is 4.90 Å². The molecule has 4 nitrogen and oxygen atoms in total. The van der Waals surface area contributed by atoms with Crippen molar-refractivity contribution in [3.8, 4) is 0 Å². The van der Waals surface area contributed by atoms with Crippen molar-refractivity contribution in [3.63, 3.8) is 0 Å². The predicted octanol–water partition coefficient (Wildman–Crippen LogP) is 2.21. The summed E-state index contributed by atoms with van der Waals surface area (Å²) in [5, 5.41) is 0. The number of carbonyl (C=O) groups excluding carboxylic acids is 1. The average molecular weight is 261 g/mol. The van der Waals surface area contributed by atoms with E-state index < -0.39 is 0 Å². The number of hydrogen-bond donors (Lipinski definition) is 1. The SMILES string of the molecule is CCN(CC1CC1)c1cc(N)ccc1C(=O)N(C)C. The lowest BCUT2D eigenvalue weighted by Crippen LogP contribution is -2.30. The summed E-state index contributed by atoms with van der Waals surface area (Å²) in [6.45, 7) is 4.04. The van der Waals surface area contributed by atoms with Gasteiger partial charge in [-0.1, -0.05) is 0 Å². The largest absolute Gasteiger partial charge is 0.399 e. The number of rotatable bonds is 5. The van der Waals surface area contributed by atoms with Crippen LogP contribution in [0, 0.1) is 5.92 Å². The summed E-state index contributed by atoms with van der Waals surface area (Å²) in [6.07, 6.45) is 2.60. The minimum absolute atomic E-state index is 0.0317. The van der Waals surface area contributed by atoms with E-state index in [0.29, 0.717) is 5.69 Å². The first-order chi connectivity index (χ1) is 9.02. The van der Waals surface area contributed by atoms with Crippen LogP contribution in [0.1, 0.15) is 30.1 Å². The Morgan fingerprint density at radius 1 is 1.37 bits per heavy atom. The highest BCUT2D eigenvalue weighted by Gasteiger charge is 2.26. The maximum atomic E-state index is 12.3. The molecule has 1 aliphatic carbocycles. The van der Waals surface area contributed by atoms with E-state index in [1.54, 1.807) is 25.1 Å². The first kappa shape index (κ1) is 13.7. The lowest BCUT2D eigenvalue weighted by atomic mass is 10.1. The Labute approximate surface area is 115 Å². The zero-order valence-electron chi connectivity index (χ0n) is 12.0. The molecule has 2 rings (SSSR count). The Bertz CT molecular complexity index is 466. The van der Waals surface area contributed by atoms with Gasteiger partial charge in [0.25, 0.3) is 5.91 Å². The third-order valence-electron chi connectivity index (χ3n) is 3.56. The average Bonchev–Trinajstić information content (AvgIpc) is 3.19. The molecule has 4 heteroatoms. The van der Waals surface area contributed by atoms with Gasteiger partial charge >= 0.3 is 0 Å². The van der Waals surface area contributed by atoms with Crippen molar-refractivity contribution in [2.24, 2.45) is 5.92 Å². The Morgan fingerprint density at radius 2 is 2.05 bits per heavy atom. The predicted molar refractivity (Wildman–Crippen MR) is 79.5 cm³/mol. The van der Waals surface area contributed by atoms with Crippen LogP contribution in [0.15, 0.2) is 18.2 Å². The van der Waals surface area contributed by atoms with Crippen LogP contribution >= 0.6 is 0 Å². The van der Waals surface area contributed by atoms with E-state index in [0.717, 1.165) is 30.3 Å². The first-order valence-corrected chi connectivity index (χ1v) is 6.89. The number of hydrogen-bond acceptors (Lipinski definition) is 3. The maximum Gasteiger partial charge on any atom is 0.255 e. The molecule has 0 saturated heterocycles. The van der Waals surface area contributed by atoms with Crippen LogP contribution in [-0.4, -0.2) is 38.0 Å². The number of amides is 1. The summed E-state index contributed by atoms with van der Waals surface area (Å²) in [4.78, 5) is 16.1. The van der Waals surface area contributed by atoms with Crippen LogP contribution in [0.3, 0.4) is 0 Å². The standard InChI is InChI=1S/C15H23N3O/c1-4-18(10-11-5-6-11)14-9-12(16)7-8-13(14)15(19)17(2)3/h7-9,11H,4-6,10,16H2,1-3H3. The minimum Gasteiger partial charge on any atom is -0.399 e. The Morgan fingerprint density at radius 3 is 2.58 bits per heavy atom. The quantitative estimate of drug-likeness (QED) is 0.827. The van der Waals surface area contributed by atoms with Gasteiger partial charge < -0.3 is 15.5 Å². The molecular formula is C15H23N3O. The third kappa shape index (κ3) is 3.19. The molecule has 0 heterocycles. The van der Waals surface area contributed by atoms with Crippen molar-refractivity contribution in [2.75, 3.05) is 37.8 Å². The molecule has 0 aliphatic heterocycles. The molecule has 0 bridgehead atoms. The normalized spacial score (nSPS) is 14.3. The fourth-order valence-corrected chi connectivity index (χ4v) is 2.24. The van der Waals surface area contributed by atoms with Crippen molar-refractivity contribution >= 4 is 17.3 Å². The molecule has 19 heavy (non-hydrogen) atoms. The van der Waals surface area contributed by atoms with Gasteiger partial charge in [0.2, 0.25) is 0 Å². The number of nitrogens with zero attached hydrogens (tertiary/aromatic N) is 2. The molecule has 1 aromatic carbocycles. The lowest BCUT2D eigenvalue weighted by Gasteiger charge is -2.26. The van der Waals surface area contributed by atoms with Crippen LogP contribution in [0.5, 0.6) is 0 Å². The minimum atomic E-state index is 0.0317. The van der Waals surface area contributed by atoms with Gasteiger partial charge in [-0.25, -0.2) is 0 Å². The number of nitrogen functional groups attached to an aromatic ring is 1. The molecule has 0 spiro atoms. The summed E-state index contributed by atoms with van der Waals surface area (Å²) in [5.41, 5.74) is 8.30. The first-order valence-electron chi connectivity index (χ1n) is 6.89. The number of benzene rings is 1. The summed E-state index contributed by atoms with van der Waals surface area (Å²) >= 11 is 0. The molecular weight excluding hydrogens is 238 g/mol. The Hall–Kier alpha value is -1.71. The van der Waals surface area contributed by atoms with E-state index in [9.17, 15) is 4.79 Å². The molecule has 0 atom stereocenters. The van der Waals surface area contributed by atoms with Crippen LogP contribution in [0.2, 0.25) is 0 Å². The molecule has 2 N–H and O–H groups in total. The van der Waals surface area contributed by atoms with Gasteiger partial charge in [0.1, 0.15) is 0 Å². The van der Waals surface area contributed by atoms with E-state index in [2.05, 4.69) is 11.8 Å². The number of carbonyl (C=O) groups is 1. The highest BCUT2D eigenvalue weighted by Crippen LogP contribution is 2.33. The molecule has 1 aromatic rings. The molecule has 0 aromatic heterocycles. The summed E-state index contributed by atoms with van der Waals surface area (Å²) < 4.78 is 0. The number of anilines is 2. The van der Waals surface area contributed by atoms with Crippen LogP contribution in [-0.2, 0) is 0 Å². The van der Waals surface area contributed by atoms with Gasteiger partial charge in [0.15, 0.2) is 0 Å². The third-order valence-corrected chi connectivity index (χ3v) is 3.56. The second-order valence-corrected chi connectivity index (χ2v) is 5.46. The monoisotopic (exact) mass is 261 g/mol. The van der Waals surface area contributed by atoms with E-state index >= 15 is 0 Å². The van der Waals surface area contributed by atoms with E-state index in [4.69, 9.17) is 5.73 Å². The second-order valence-electron chi connectivity index (χ2n) is 5.46. The van der Waals surface area contributed by atoms with Gasteiger partial charge in [-0.05, 0) is 43.9 Å². The van der Waals surface area contributed by atoms with E-state index in [1.165, 1.54) is 12.8 Å². The van der Waals surface area contributed by atoms with Crippen LogP contribution < -0.4 is 10.6 Å². The Balaban J connectivity index is 2.34. The fraction of sp³-hybridized carbons (Fsp3) is 0.533. The topological polar surface area (TPSA) is 49.6 Å². The molecule has 1 fully saturated rings. The molecule has 0 radical (unpaired) electrons. The molecule has 1 aliphatic rings. The van der Waals surface area contributed by atoms with Crippen molar-refractivity contribution < 1.29 is 4.79 Å². The summed E-state index contributed by atoms with van der Waals surface area (Å²) in [7, 11) is 3.55. The van der Waals surface area contributed by atoms with Gasteiger partial charge in [-0.3, -0.25) is 4.79 Å². The van der Waals surface area contributed by atoms with Gasteiger partial charge in [0, 0.05) is 32.9 Å². The molecule has 1 amide bonds. The summed E-state index contributed by atoms with van der Waals surface area (Å²) in [5.74, 6) is 0.813. The number of nitrogens with two attached hydrogens (primary N) is 1. The van der Waals surface area contributed by atoms with Crippen molar-refractivity contribution in [3.05, 3.63) is 23.8 Å². The van der Waals surface area contributed by atoms with Gasteiger partial charge in [-0.2, -0.15) is 0 Å². The molecule has 0 unspecified atom stereocenters. The Kier molecular flexibility index (Phi) is 3.98. The smallest absolute Gasteiger partial charge is 0.255 e. The zero-order chi connectivity index (χ0) is 14.0. The fourth-order valence-electron chi connectivity index (χ4n) is 2.24. The highest BCUT2D eigenvalue weighted by molar-refractivity contribution is 6.00. The van der Waals surface area contributed by atoms with E-state index in [1.807, 2.05) is 12.1 Å². The van der Waals surface area contributed by atoms with Gasteiger partial charge in [0.05, 0.1) is 11.3 Å². The lowest BCUT2D eigenvalue weighted by molar-refractivity contribution is 0.0828. The second kappa shape index (κ2) is 5.51. The van der Waals surface area contributed by atoms with Crippen LogP contribution in [0.25, 0.3) is 0 Å². The molecule has 104 valence electrons. The maximum absolute atomic E-state index is 12.3. The van der Waals surface area contributed by atoms with E-state index in [-0.39, 0.29) is 5.91 Å². The van der Waals surface area contributed by atoms with Crippen molar-refractivity contribution in [1.29, 1.82) is 0 Å². The van der Waals surface area contributed by atoms with Crippen LogP contribution in [0.4, 0.5) is 11.4 Å². The summed E-state index contributed by atoms with van der Waals surface area (Å²) in [6, 6.07) is 5.55. The zero-order valence-corrected chi connectivity index (χ0v) is 12.0. The highest BCUT2D eigenvalue weighted by atomic mass is 16.2. The van der Waals surface area contributed by atoms with Crippen molar-refractivity contribution in [2.45, 2.75) is 19.8 Å². The van der Waals surface area contributed by atoms with Gasteiger partial charge in [-0.15, -0.1) is 0 Å². The molecule has 1 saturated carbocycles.